The fourth-order valence-electron chi connectivity index (χ4n) is 2.52. The highest BCUT2D eigenvalue weighted by Gasteiger charge is 2.52. The molecule has 0 saturated carbocycles. The molecule has 0 bridgehead atoms. The van der Waals surface area contributed by atoms with Crippen LogP contribution in [-0.4, -0.2) is 34.1 Å². The predicted octanol–water partition coefficient (Wildman–Crippen LogP) is 2.47. The van der Waals surface area contributed by atoms with E-state index in [0.717, 1.165) is 10.8 Å². The first kappa shape index (κ1) is 14.2. The molecule has 1 N–H and O–H groups in total. The number of carbonyl (C=O) groups is 1. The zero-order valence-corrected chi connectivity index (χ0v) is 12.6. The molecule has 3 rings (SSSR count). The number of nitrogens with zero attached hydrogens (tertiary/aromatic N) is 1. The smallest absolute Gasteiger partial charge is 0.464 e. The van der Waals surface area contributed by atoms with Gasteiger partial charge in [-0.3, -0.25) is 4.57 Å². The molecule has 5 nitrogen and oxygen atoms in total. The van der Waals surface area contributed by atoms with Crippen molar-refractivity contribution >= 4 is 29.6 Å². The van der Waals surface area contributed by atoms with Crippen LogP contribution in [0.1, 0.15) is 27.7 Å². The van der Waals surface area contributed by atoms with Crippen molar-refractivity contribution < 1.29 is 19.2 Å². The molecule has 21 heavy (non-hydrogen) atoms. The third-order valence-corrected chi connectivity index (χ3v) is 4.46. The summed E-state index contributed by atoms with van der Waals surface area (Å²) in [6, 6.07) is 7.35. The van der Waals surface area contributed by atoms with Crippen molar-refractivity contribution in [3.63, 3.8) is 0 Å². The predicted molar refractivity (Wildman–Crippen MR) is 81.1 cm³/mol. The lowest BCUT2D eigenvalue weighted by Crippen LogP contribution is -2.41. The Bertz CT molecular complexity index is 704. The fraction of sp³-hybridized carbons (Fsp3) is 0.400. The van der Waals surface area contributed by atoms with Gasteiger partial charge in [0.25, 0.3) is 0 Å². The second-order valence-corrected chi connectivity index (χ2v) is 6.34. The lowest BCUT2D eigenvalue weighted by atomic mass is 9.79. The second kappa shape index (κ2) is 4.35. The fourth-order valence-corrected chi connectivity index (χ4v) is 2.52. The summed E-state index contributed by atoms with van der Waals surface area (Å²) in [6.45, 7) is 7.90. The van der Waals surface area contributed by atoms with Crippen LogP contribution in [-0.2, 0) is 9.31 Å². The summed E-state index contributed by atoms with van der Waals surface area (Å²) in [7, 11) is -0.569. The van der Waals surface area contributed by atoms with Crippen molar-refractivity contribution in [1.29, 1.82) is 0 Å². The Morgan fingerprint density at radius 1 is 1.14 bits per heavy atom. The van der Waals surface area contributed by atoms with E-state index in [9.17, 15) is 9.90 Å². The molecular weight excluding hydrogens is 269 g/mol. The summed E-state index contributed by atoms with van der Waals surface area (Å²) in [5.41, 5.74) is 0.468. The molecule has 0 amide bonds. The Hall–Kier alpha value is -1.79. The average molecular weight is 287 g/mol. The van der Waals surface area contributed by atoms with Crippen molar-refractivity contribution in [2.75, 3.05) is 0 Å². The molecule has 0 spiro atoms. The van der Waals surface area contributed by atoms with Gasteiger partial charge < -0.3 is 14.4 Å². The van der Waals surface area contributed by atoms with Crippen LogP contribution in [0.15, 0.2) is 30.5 Å². The van der Waals surface area contributed by atoms with Crippen molar-refractivity contribution in [2.45, 2.75) is 38.9 Å². The van der Waals surface area contributed by atoms with Crippen LogP contribution in [0.3, 0.4) is 0 Å². The molecule has 110 valence electrons. The van der Waals surface area contributed by atoms with E-state index >= 15 is 0 Å². The summed E-state index contributed by atoms with van der Waals surface area (Å²) >= 11 is 0. The number of carboxylic acid groups (broad SMARTS) is 1. The quantitative estimate of drug-likeness (QED) is 0.818. The first-order chi connectivity index (χ1) is 9.73. The van der Waals surface area contributed by atoms with Crippen LogP contribution >= 0.6 is 0 Å². The largest absolute Gasteiger partial charge is 0.497 e. The van der Waals surface area contributed by atoms with Gasteiger partial charge >= 0.3 is 13.2 Å². The lowest BCUT2D eigenvalue weighted by Gasteiger charge is -2.32. The normalized spacial score (nSPS) is 20.1. The van der Waals surface area contributed by atoms with Gasteiger partial charge in [-0.05, 0) is 39.1 Å². The van der Waals surface area contributed by atoms with Crippen molar-refractivity contribution in [1.82, 2.24) is 4.57 Å². The maximum Gasteiger partial charge on any atom is 0.497 e. The highest BCUT2D eigenvalue weighted by Crippen LogP contribution is 2.37. The van der Waals surface area contributed by atoms with E-state index in [4.69, 9.17) is 9.31 Å². The van der Waals surface area contributed by atoms with Gasteiger partial charge in [0.2, 0.25) is 0 Å². The zero-order chi connectivity index (χ0) is 15.4. The molecule has 0 radical (unpaired) electrons. The number of para-hydroxylation sites is 1. The van der Waals surface area contributed by atoms with Crippen LogP contribution in [0.4, 0.5) is 4.79 Å². The molecule has 1 saturated heterocycles. The Labute approximate surface area is 123 Å². The highest BCUT2D eigenvalue weighted by atomic mass is 16.7. The van der Waals surface area contributed by atoms with Gasteiger partial charge in [-0.25, -0.2) is 4.79 Å². The van der Waals surface area contributed by atoms with Crippen LogP contribution < -0.4 is 5.46 Å². The Balaban J connectivity index is 2.13. The molecule has 2 aromatic rings. The Kier molecular flexibility index (Phi) is 2.94. The number of hydrogen-bond donors (Lipinski definition) is 1. The molecule has 1 fully saturated rings. The van der Waals surface area contributed by atoms with Crippen molar-refractivity contribution in [2.24, 2.45) is 0 Å². The number of rotatable bonds is 1. The average Bonchev–Trinajstić information content (AvgIpc) is 2.85. The van der Waals surface area contributed by atoms with E-state index in [-0.39, 0.29) is 0 Å². The van der Waals surface area contributed by atoms with E-state index in [1.807, 2.05) is 45.9 Å². The van der Waals surface area contributed by atoms with Gasteiger partial charge in [0.15, 0.2) is 0 Å². The molecule has 1 aromatic carbocycles. The van der Waals surface area contributed by atoms with Crippen LogP contribution in [0.25, 0.3) is 10.9 Å². The molecule has 0 unspecified atom stereocenters. The van der Waals surface area contributed by atoms with Gasteiger partial charge in [-0.1, -0.05) is 18.2 Å². The van der Waals surface area contributed by atoms with E-state index in [1.165, 1.54) is 4.57 Å². The Morgan fingerprint density at radius 2 is 1.71 bits per heavy atom. The number of fused-ring (bicyclic) bond motifs is 1. The molecule has 0 aliphatic carbocycles. The van der Waals surface area contributed by atoms with E-state index < -0.39 is 24.4 Å². The summed E-state index contributed by atoms with van der Waals surface area (Å²) in [6.07, 6.45) is 0.559. The first-order valence-electron chi connectivity index (χ1n) is 6.92. The maximum atomic E-state index is 11.4. The van der Waals surface area contributed by atoms with Gasteiger partial charge in [0, 0.05) is 11.7 Å². The standard InChI is InChI=1S/C15H18BNO4/c1-14(2)15(3,4)21-16(20-14)11-9-17(13(18)19)12-8-6-5-7-10(11)12/h5-9H,1-4H3,(H,18,19). The second-order valence-electron chi connectivity index (χ2n) is 6.34. The monoisotopic (exact) mass is 287 g/mol. The van der Waals surface area contributed by atoms with E-state index in [1.54, 1.807) is 12.3 Å². The molecule has 2 heterocycles. The van der Waals surface area contributed by atoms with E-state index in [2.05, 4.69) is 0 Å². The molecule has 6 heteroatoms. The number of benzene rings is 1. The van der Waals surface area contributed by atoms with Crippen molar-refractivity contribution in [3.8, 4) is 0 Å². The minimum atomic E-state index is -1.02. The number of hydrogen-bond acceptors (Lipinski definition) is 3. The lowest BCUT2D eigenvalue weighted by molar-refractivity contribution is 0.00578. The minimum absolute atomic E-state index is 0.454. The summed E-state index contributed by atoms with van der Waals surface area (Å²) in [4.78, 5) is 11.4. The topological polar surface area (TPSA) is 60.7 Å². The molecule has 0 atom stereocenters. The Morgan fingerprint density at radius 3 is 2.29 bits per heavy atom. The molecule has 1 aliphatic rings. The van der Waals surface area contributed by atoms with Crippen LogP contribution in [0.2, 0.25) is 0 Å². The molecular formula is C15H18BNO4. The summed E-state index contributed by atoms with van der Waals surface area (Å²) in [5, 5.41) is 10.2. The van der Waals surface area contributed by atoms with E-state index in [0.29, 0.717) is 5.52 Å². The minimum Gasteiger partial charge on any atom is -0.464 e. The highest BCUT2D eigenvalue weighted by molar-refractivity contribution is 6.65. The SMILES string of the molecule is CC1(C)OB(c2cn(C(=O)O)c3ccccc23)OC1(C)C. The van der Waals surface area contributed by atoms with Gasteiger partial charge in [-0.2, -0.15) is 0 Å². The van der Waals surface area contributed by atoms with Crippen LogP contribution in [0.5, 0.6) is 0 Å². The van der Waals surface area contributed by atoms with Crippen molar-refractivity contribution in [3.05, 3.63) is 30.5 Å². The third kappa shape index (κ3) is 2.06. The van der Waals surface area contributed by atoms with Crippen LogP contribution in [0, 0.1) is 0 Å². The van der Waals surface area contributed by atoms with Gasteiger partial charge in [-0.15, -0.1) is 0 Å². The van der Waals surface area contributed by atoms with Gasteiger partial charge in [0.05, 0.1) is 16.7 Å². The summed E-state index contributed by atoms with van der Waals surface area (Å²) in [5.74, 6) is 0. The maximum absolute atomic E-state index is 11.4. The molecule has 1 aromatic heterocycles. The first-order valence-corrected chi connectivity index (χ1v) is 6.92. The summed E-state index contributed by atoms with van der Waals surface area (Å²) < 4.78 is 13.2. The molecule has 1 aliphatic heterocycles. The van der Waals surface area contributed by atoms with Gasteiger partial charge in [0.1, 0.15) is 0 Å². The zero-order valence-electron chi connectivity index (χ0n) is 12.6. The third-order valence-electron chi connectivity index (χ3n) is 4.46. The number of aromatic nitrogens is 1.